The van der Waals surface area contributed by atoms with Gasteiger partial charge >= 0.3 is 0 Å². The van der Waals surface area contributed by atoms with Gasteiger partial charge < -0.3 is 5.32 Å². The number of hydrogen-bond acceptors (Lipinski definition) is 4. The Kier molecular flexibility index (Phi) is 3.89. The van der Waals surface area contributed by atoms with Gasteiger partial charge in [-0.15, -0.1) is 0 Å². The lowest BCUT2D eigenvalue weighted by molar-refractivity contribution is 0.0946. The summed E-state index contributed by atoms with van der Waals surface area (Å²) in [5, 5.41) is 9.27. The predicted octanol–water partition coefficient (Wildman–Crippen LogP) is 1.05. The number of carbonyl (C=O) groups is 1. The first kappa shape index (κ1) is 14.3. The van der Waals surface area contributed by atoms with Crippen LogP contribution in [0.5, 0.6) is 0 Å². The monoisotopic (exact) mass is 293 g/mol. The highest BCUT2D eigenvalue weighted by atomic mass is 32.2. The quantitative estimate of drug-likeness (QED) is 0.881. The third-order valence-corrected chi connectivity index (χ3v) is 3.87. The van der Waals surface area contributed by atoms with Gasteiger partial charge in [0.2, 0.25) is 0 Å². The molecule has 0 bridgehead atoms. The van der Waals surface area contributed by atoms with E-state index in [0.717, 1.165) is 17.5 Å². The van der Waals surface area contributed by atoms with Gasteiger partial charge in [0.25, 0.3) is 5.91 Å². The van der Waals surface area contributed by atoms with E-state index < -0.39 is 9.84 Å². The van der Waals surface area contributed by atoms with Crippen molar-refractivity contribution < 1.29 is 13.2 Å². The number of hydrogen-bond donors (Lipinski definition) is 2. The van der Waals surface area contributed by atoms with Crippen molar-refractivity contribution in [1.82, 2.24) is 15.5 Å². The van der Waals surface area contributed by atoms with Crippen LogP contribution in [0.2, 0.25) is 0 Å². The first-order valence-corrected chi connectivity index (χ1v) is 7.84. The topological polar surface area (TPSA) is 91.9 Å². The molecule has 0 fully saturated rings. The van der Waals surface area contributed by atoms with Crippen molar-refractivity contribution in [2.45, 2.75) is 18.4 Å². The number of H-pyrrole nitrogens is 1. The average Bonchev–Trinajstić information content (AvgIpc) is 2.82. The van der Waals surface area contributed by atoms with Gasteiger partial charge in [0, 0.05) is 18.5 Å². The molecule has 0 aliphatic rings. The molecule has 1 aromatic heterocycles. The number of sulfone groups is 1. The minimum Gasteiger partial charge on any atom is -0.347 e. The van der Waals surface area contributed by atoms with Gasteiger partial charge in [-0.05, 0) is 30.7 Å². The van der Waals surface area contributed by atoms with Gasteiger partial charge in [0.05, 0.1) is 4.90 Å². The number of rotatable bonds is 4. The largest absolute Gasteiger partial charge is 0.347 e. The Balaban J connectivity index is 1.99. The number of nitrogens with zero attached hydrogens (tertiary/aromatic N) is 1. The summed E-state index contributed by atoms with van der Waals surface area (Å²) in [6, 6.07) is 8.05. The molecule has 0 unspecified atom stereocenters. The molecule has 0 aliphatic carbocycles. The van der Waals surface area contributed by atoms with Crippen molar-refractivity contribution in [3.8, 4) is 0 Å². The summed E-state index contributed by atoms with van der Waals surface area (Å²) >= 11 is 0. The number of aryl methyl sites for hydroxylation is 1. The molecule has 7 heteroatoms. The molecule has 2 rings (SSSR count). The van der Waals surface area contributed by atoms with Gasteiger partial charge in [0.15, 0.2) is 9.84 Å². The standard InChI is InChI=1S/C13H15N3O3S/c1-9-7-12(16-15-9)13(17)14-8-10-3-5-11(6-4-10)20(2,18)19/h3-7H,8H2,1-2H3,(H,14,17)(H,15,16). The number of nitrogens with one attached hydrogen (secondary N) is 2. The van der Waals surface area contributed by atoms with Crippen LogP contribution in [-0.4, -0.2) is 30.8 Å². The van der Waals surface area contributed by atoms with Gasteiger partial charge in [-0.1, -0.05) is 12.1 Å². The SMILES string of the molecule is Cc1cc(C(=O)NCc2ccc(S(C)(=O)=O)cc2)n[nH]1. The van der Waals surface area contributed by atoms with Crippen LogP contribution >= 0.6 is 0 Å². The zero-order valence-electron chi connectivity index (χ0n) is 11.2. The second-order valence-corrected chi connectivity index (χ2v) is 6.55. The fourth-order valence-corrected chi connectivity index (χ4v) is 2.29. The van der Waals surface area contributed by atoms with Crippen molar-refractivity contribution in [2.75, 3.05) is 6.26 Å². The van der Waals surface area contributed by atoms with Crippen LogP contribution in [0.15, 0.2) is 35.2 Å². The molecule has 0 saturated heterocycles. The first-order valence-electron chi connectivity index (χ1n) is 5.95. The molecule has 1 aromatic carbocycles. The highest BCUT2D eigenvalue weighted by molar-refractivity contribution is 7.90. The lowest BCUT2D eigenvalue weighted by Gasteiger charge is -2.04. The molecule has 0 radical (unpaired) electrons. The van der Waals surface area contributed by atoms with E-state index in [1.165, 1.54) is 12.1 Å². The van der Waals surface area contributed by atoms with Crippen LogP contribution in [0.4, 0.5) is 0 Å². The van der Waals surface area contributed by atoms with Crippen molar-refractivity contribution >= 4 is 15.7 Å². The summed E-state index contributed by atoms with van der Waals surface area (Å²) in [5.41, 5.74) is 1.96. The van der Waals surface area contributed by atoms with E-state index in [0.29, 0.717) is 12.2 Å². The zero-order valence-corrected chi connectivity index (χ0v) is 12.0. The molecule has 1 amide bonds. The fourth-order valence-electron chi connectivity index (χ4n) is 1.66. The molecular weight excluding hydrogens is 278 g/mol. The van der Waals surface area contributed by atoms with Crippen molar-refractivity contribution in [3.63, 3.8) is 0 Å². The molecule has 20 heavy (non-hydrogen) atoms. The second kappa shape index (κ2) is 5.46. The summed E-state index contributed by atoms with van der Waals surface area (Å²) in [6.07, 6.45) is 1.16. The van der Waals surface area contributed by atoms with Gasteiger partial charge in [-0.25, -0.2) is 8.42 Å². The second-order valence-electron chi connectivity index (χ2n) is 4.53. The Hall–Kier alpha value is -2.15. The molecule has 0 spiro atoms. The Bertz CT molecular complexity index is 718. The minimum atomic E-state index is -3.19. The lowest BCUT2D eigenvalue weighted by Crippen LogP contribution is -2.23. The summed E-state index contributed by atoms with van der Waals surface area (Å²) in [7, 11) is -3.19. The van der Waals surface area contributed by atoms with E-state index in [1.807, 2.05) is 6.92 Å². The Morgan fingerprint density at radius 2 is 1.95 bits per heavy atom. The highest BCUT2D eigenvalue weighted by Gasteiger charge is 2.09. The maximum Gasteiger partial charge on any atom is 0.272 e. The van der Waals surface area contributed by atoms with Crippen LogP contribution < -0.4 is 5.32 Å². The molecule has 106 valence electrons. The normalized spacial score (nSPS) is 11.3. The van der Waals surface area contributed by atoms with Crippen LogP contribution in [0, 0.1) is 6.92 Å². The van der Waals surface area contributed by atoms with Crippen molar-refractivity contribution in [1.29, 1.82) is 0 Å². The number of aromatic nitrogens is 2. The molecule has 0 saturated carbocycles. The van der Waals surface area contributed by atoms with Crippen LogP contribution in [-0.2, 0) is 16.4 Å². The third kappa shape index (κ3) is 3.45. The highest BCUT2D eigenvalue weighted by Crippen LogP contribution is 2.10. The van der Waals surface area contributed by atoms with Crippen molar-refractivity contribution in [3.05, 3.63) is 47.3 Å². The van der Waals surface area contributed by atoms with Crippen LogP contribution in [0.3, 0.4) is 0 Å². The van der Waals surface area contributed by atoms with Crippen LogP contribution in [0.25, 0.3) is 0 Å². The summed E-state index contributed by atoms with van der Waals surface area (Å²) < 4.78 is 22.6. The molecular formula is C13H15N3O3S. The lowest BCUT2D eigenvalue weighted by atomic mass is 10.2. The molecule has 0 atom stereocenters. The molecule has 0 aliphatic heterocycles. The molecule has 2 aromatic rings. The summed E-state index contributed by atoms with van der Waals surface area (Å²) in [6.45, 7) is 2.13. The summed E-state index contributed by atoms with van der Waals surface area (Å²) in [4.78, 5) is 12.0. The smallest absolute Gasteiger partial charge is 0.272 e. The van der Waals surface area contributed by atoms with E-state index in [2.05, 4.69) is 15.5 Å². The third-order valence-electron chi connectivity index (χ3n) is 2.74. The minimum absolute atomic E-state index is 0.260. The number of amides is 1. The Morgan fingerprint density at radius 3 is 2.45 bits per heavy atom. The number of benzene rings is 1. The molecule has 2 N–H and O–H groups in total. The van der Waals surface area contributed by atoms with E-state index in [4.69, 9.17) is 0 Å². The van der Waals surface area contributed by atoms with Gasteiger partial charge in [-0.2, -0.15) is 5.10 Å². The first-order chi connectivity index (χ1) is 9.36. The molecule has 1 heterocycles. The predicted molar refractivity (Wildman–Crippen MR) is 74.0 cm³/mol. The number of carbonyl (C=O) groups excluding carboxylic acids is 1. The van der Waals surface area contributed by atoms with E-state index in [1.54, 1.807) is 18.2 Å². The van der Waals surface area contributed by atoms with E-state index >= 15 is 0 Å². The fraction of sp³-hybridized carbons (Fsp3) is 0.231. The zero-order chi connectivity index (χ0) is 14.8. The Labute approximate surface area is 117 Å². The molecule has 6 nitrogen and oxygen atoms in total. The van der Waals surface area contributed by atoms with E-state index in [-0.39, 0.29) is 10.8 Å². The number of aromatic amines is 1. The van der Waals surface area contributed by atoms with E-state index in [9.17, 15) is 13.2 Å². The maximum atomic E-state index is 11.8. The van der Waals surface area contributed by atoms with Crippen molar-refractivity contribution in [2.24, 2.45) is 0 Å². The maximum absolute atomic E-state index is 11.8. The summed E-state index contributed by atoms with van der Waals surface area (Å²) in [5.74, 6) is -0.276. The van der Waals surface area contributed by atoms with Gasteiger partial charge in [0.1, 0.15) is 5.69 Å². The average molecular weight is 293 g/mol. The van der Waals surface area contributed by atoms with Crippen LogP contribution in [0.1, 0.15) is 21.7 Å². The van der Waals surface area contributed by atoms with Gasteiger partial charge in [-0.3, -0.25) is 9.89 Å². The Morgan fingerprint density at radius 1 is 1.30 bits per heavy atom.